The summed E-state index contributed by atoms with van der Waals surface area (Å²) in [7, 11) is 4.09. The van der Waals surface area contributed by atoms with Crippen LogP contribution in [0.3, 0.4) is 0 Å². The minimum Gasteiger partial charge on any atom is -0.501 e. The van der Waals surface area contributed by atoms with Crippen LogP contribution in [0, 0.1) is 0 Å². The predicted molar refractivity (Wildman–Crippen MR) is 87.7 cm³/mol. The van der Waals surface area contributed by atoms with Crippen molar-refractivity contribution in [2.24, 2.45) is 0 Å². The number of hydrogen-bond donors (Lipinski definition) is 0. The number of ether oxygens (including phenoxy) is 1. The van der Waals surface area contributed by atoms with Crippen LogP contribution in [-0.4, -0.2) is 38.1 Å². The second kappa shape index (κ2) is 6.42. The zero-order chi connectivity index (χ0) is 15.5. The summed E-state index contributed by atoms with van der Waals surface area (Å²) in [6.45, 7) is 1.57. The lowest BCUT2D eigenvalue weighted by Crippen LogP contribution is -2.32. The third-order valence-corrected chi connectivity index (χ3v) is 4.49. The quantitative estimate of drug-likeness (QED) is 0.860. The highest BCUT2D eigenvalue weighted by Gasteiger charge is 2.32. The van der Waals surface area contributed by atoms with E-state index in [1.165, 1.54) is 11.3 Å². The van der Waals surface area contributed by atoms with Gasteiger partial charge in [0.25, 0.3) is 5.91 Å². The van der Waals surface area contributed by atoms with Gasteiger partial charge in [0.05, 0.1) is 24.5 Å². The van der Waals surface area contributed by atoms with Crippen LogP contribution in [0.2, 0.25) is 0 Å². The highest BCUT2D eigenvalue weighted by Crippen LogP contribution is 2.35. The summed E-state index contributed by atoms with van der Waals surface area (Å²) in [6, 6.07) is 8.70. The molecule has 2 aliphatic rings. The van der Waals surface area contributed by atoms with Gasteiger partial charge in [-0.3, -0.25) is 4.79 Å². The number of carbonyl (C=O) groups excluding carboxylic acids is 1. The fourth-order valence-electron chi connectivity index (χ4n) is 3.27. The lowest BCUT2D eigenvalue weighted by Gasteiger charge is -2.27. The summed E-state index contributed by atoms with van der Waals surface area (Å²) in [4.78, 5) is 16.9. The molecular formula is C18H24N2O2. The Balaban J connectivity index is 1.82. The molecule has 0 spiro atoms. The highest BCUT2D eigenvalue weighted by atomic mass is 16.5. The van der Waals surface area contributed by atoms with Crippen molar-refractivity contribution in [1.29, 1.82) is 0 Å². The molecule has 0 aliphatic carbocycles. The van der Waals surface area contributed by atoms with Crippen molar-refractivity contribution in [3.05, 3.63) is 41.7 Å². The molecule has 4 heteroatoms. The normalized spacial score (nSPS) is 21.3. The van der Waals surface area contributed by atoms with Crippen LogP contribution in [0.15, 0.2) is 36.1 Å². The van der Waals surface area contributed by atoms with E-state index in [0.29, 0.717) is 0 Å². The van der Waals surface area contributed by atoms with Gasteiger partial charge in [0, 0.05) is 26.3 Å². The van der Waals surface area contributed by atoms with Crippen molar-refractivity contribution in [3.63, 3.8) is 0 Å². The van der Waals surface area contributed by atoms with Gasteiger partial charge in [-0.2, -0.15) is 0 Å². The van der Waals surface area contributed by atoms with Crippen molar-refractivity contribution < 1.29 is 9.53 Å². The first-order valence-corrected chi connectivity index (χ1v) is 8.06. The van der Waals surface area contributed by atoms with Crippen molar-refractivity contribution in [2.75, 3.05) is 32.1 Å². The molecule has 2 aliphatic heterocycles. The van der Waals surface area contributed by atoms with E-state index in [2.05, 4.69) is 29.2 Å². The Hall–Kier alpha value is -1.97. The minimum atomic E-state index is 0.150. The van der Waals surface area contributed by atoms with Crippen LogP contribution in [0.25, 0.3) is 0 Å². The number of hydrogen-bond acceptors (Lipinski definition) is 3. The highest BCUT2D eigenvalue weighted by molar-refractivity contribution is 5.93. The Kier molecular flexibility index (Phi) is 4.36. The van der Waals surface area contributed by atoms with E-state index >= 15 is 0 Å². The number of anilines is 1. The molecule has 0 N–H and O–H groups in total. The topological polar surface area (TPSA) is 32.8 Å². The monoisotopic (exact) mass is 300 g/mol. The number of nitrogens with zero attached hydrogens (tertiary/aromatic N) is 2. The van der Waals surface area contributed by atoms with Crippen molar-refractivity contribution in [1.82, 2.24) is 4.90 Å². The molecular weight excluding hydrogens is 276 g/mol. The number of rotatable bonds is 3. The van der Waals surface area contributed by atoms with E-state index in [1.54, 1.807) is 6.26 Å². The molecule has 4 nitrogen and oxygen atoms in total. The molecule has 118 valence electrons. The molecule has 1 saturated heterocycles. The van der Waals surface area contributed by atoms with Gasteiger partial charge in [0.15, 0.2) is 0 Å². The zero-order valence-electron chi connectivity index (χ0n) is 13.4. The molecule has 0 unspecified atom stereocenters. The second-order valence-electron chi connectivity index (χ2n) is 6.26. The van der Waals surface area contributed by atoms with Gasteiger partial charge >= 0.3 is 0 Å². The Morgan fingerprint density at radius 1 is 1.32 bits per heavy atom. The molecule has 1 aromatic rings. The van der Waals surface area contributed by atoms with E-state index in [1.807, 2.05) is 19.0 Å². The summed E-state index contributed by atoms with van der Waals surface area (Å²) >= 11 is 0. The van der Waals surface area contributed by atoms with Gasteiger partial charge in [-0.05, 0) is 43.4 Å². The molecule has 3 rings (SSSR count). The molecule has 0 saturated carbocycles. The average molecular weight is 300 g/mol. The first-order chi connectivity index (χ1) is 10.7. The molecule has 1 aromatic carbocycles. The van der Waals surface area contributed by atoms with E-state index in [4.69, 9.17) is 4.74 Å². The number of benzene rings is 1. The van der Waals surface area contributed by atoms with Gasteiger partial charge in [-0.25, -0.2) is 0 Å². The summed E-state index contributed by atoms with van der Waals surface area (Å²) in [6.07, 6.45) is 5.54. The molecule has 0 radical (unpaired) electrons. The van der Waals surface area contributed by atoms with Gasteiger partial charge < -0.3 is 14.5 Å². The minimum absolute atomic E-state index is 0.150. The molecule has 22 heavy (non-hydrogen) atoms. The van der Waals surface area contributed by atoms with E-state index in [9.17, 15) is 4.79 Å². The molecule has 1 amide bonds. The summed E-state index contributed by atoms with van der Waals surface area (Å²) in [5, 5.41) is 0. The SMILES string of the molecule is CN(C)c1cccc([C@@H]2CCCN2C(=O)C2=COCCC2)c1. The predicted octanol–water partition coefficient (Wildman–Crippen LogP) is 3.11. The maximum absolute atomic E-state index is 12.8. The van der Waals surface area contributed by atoms with Crippen LogP contribution in [0.4, 0.5) is 5.69 Å². The number of likely N-dealkylation sites (tertiary alicyclic amines) is 1. The Bertz CT molecular complexity index is 580. The lowest BCUT2D eigenvalue weighted by atomic mass is 10.0. The maximum Gasteiger partial charge on any atom is 0.253 e. The van der Waals surface area contributed by atoms with Gasteiger partial charge in [-0.15, -0.1) is 0 Å². The number of carbonyl (C=O) groups is 1. The largest absolute Gasteiger partial charge is 0.501 e. The van der Waals surface area contributed by atoms with Crippen LogP contribution in [0.5, 0.6) is 0 Å². The summed E-state index contributed by atoms with van der Waals surface area (Å²) < 4.78 is 5.34. The van der Waals surface area contributed by atoms with E-state index < -0.39 is 0 Å². The van der Waals surface area contributed by atoms with Gasteiger partial charge in [-0.1, -0.05) is 12.1 Å². The van der Waals surface area contributed by atoms with Crippen molar-refractivity contribution in [2.45, 2.75) is 31.7 Å². The Morgan fingerprint density at radius 3 is 2.91 bits per heavy atom. The van der Waals surface area contributed by atoms with Crippen molar-refractivity contribution >= 4 is 11.6 Å². The zero-order valence-corrected chi connectivity index (χ0v) is 13.4. The first-order valence-electron chi connectivity index (χ1n) is 8.06. The number of amides is 1. The molecule has 0 aromatic heterocycles. The van der Waals surface area contributed by atoms with Crippen molar-refractivity contribution in [3.8, 4) is 0 Å². The lowest BCUT2D eigenvalue weighted by molar-refractivity contribution is -0.128. The fraction of sp³-hybridized carbons (Fsp3) is 0.500. The average Bonchev–Trinajstić information content (AvgIpc) is 3.04. The fourth-order valence-corrected chi connectivity index (χ4v) is 3.27. The second-order valence-corrected chi connectivity index (χ2v) is 6.26. The smallest absolute Gasteiger partial charge is 0.253 e. The van der Waals surface area contributed by atoms with E-state index in [0.717, 1.165) is 44.4 Å². The standard InChI is InChI=1S/C18H24N2O2/c1-19(2)16-8-3-6-14(12-16)17-9-4-10-20(17)18(21)15-7-5-11-22-13-15/h3,6,8,12-13,17H,4-5,7,9-11H2,1-2H3/t17-/m0/s1. The Labute approximate surface area is 132 Å². The third kappa shape index (κ3) is 2.96. The van der Waals surface area contributed by atoms with Crippen LogP contribution >= 0.6 is 0 Å². The first kappa shape index (κ1) is 14.9. The molecule has 1 fully saturated rings. The van der Waals surface area contributed by atoms with Gasteiger partial charge in [0.1, 0.15) is 0 Å². The molecule has 0 bridgehead atoms. The van der Waals surface area contributed by atoms with Gasteiger partial charge in [0.2, 0.25) is 0 Å². The van der Waals surface area contributed by atoms with Crippen LogP contribution in [0.1, 0.15) is 37.3 Å². The van der Waals surface area contributed by atoms with Crippen LogP contribution in [-0.2, 0) is 9.53 Å². The van der Waals surface area contributed by atoms with Crippen LogP contribution < -0.4 is 4.90 Å². The molecule has 1 atom stereocenters. The maximum atomic E-state index is 12.8. The van der Waals surface area contributed by atoms with E-state index in [-0.39, 0.29) is 11.9 Å². The Morgan fingerprint density at radius 2 is 2.18 bits per heavy atom. The summed E-state index contributed by atoms with van der Waals surface area (Å²) in [5.74, 6) is 0.150. The molecule has 2 heterocycles. The third-order valence-electron chi connectivity index (χ3n) is 4.49. The summed E-state index contributed by atoms with van der Waals surface area (Å²) in [5.41, 5.74) is 3.23.